The standard InChI is InChI=1S/C14H21N3O3/c1-14(2,20-3)9-16-13(18)11(12(15)17-19)10-7-5-4-6-8-10/h4-8,11,19H,9H2,1-3H3,(H2,15,17)(H,16,18). The Morgan fingerprint density at radius 3 is 2.55 bits per heavy atom. The summed E-state index contributed by atoms with van der Waals surface area (Å²) in [6.45, 7) is 4.03. The molecule has 0 bridgehead atoms. The van der Waals surface area contributed by atoms with Crippen molar-refractivity contribution in [2.24, 2.45) is 10.9 Å². The van der Waals surface area contributed by atoms with Crippen molar-refractivity contribution >= 4 is 11.7 Å². The van der Waals surface area contributed by atoms with Gasteiger partial charge in [0.15, 0.2) is 5.84 Å². The first kappa shape index (κ1) is 16.0. The second-order valence-corrected chi connectivity index (χ2v) is 5.05. The minimum atomic E-state index is -0.825. The zero-order chi connectivity index (χ0) is 15.2. The molecule has 1 rings (SSSR count). The molecular formula is C14H21N3O3. The van der Waals surface area contributed by atoms with Gasteiger partial charge >= 0.3 is 0 Å². The van der Waals surface area contributed by atoms with Gasteiger partial charge in [0.1, 0.15) is 5.92 Å². The minimum Gasteiger partial charge on any atom is -0.409 e. The van der Waals surface area contributed by atoms with Crippen molar-refractivity contribution in [2.45, 2.75) is 25.4 Å². The first-order valence-electron chi connectivity index (χ1n) is 6.26. The largest absolute Gasteiger partial charge is 0.409 e. The summed E-state index contributed by atoms with van der Waals surface area (Å²) in [6, 6.07) is 8.92. The normalized spacial score (nSPS) is 13.8. The first-order chi connectivity index (χ1) is 9.41. The fourth-order valence-corrected chi connectivity index (χ4v) is 1.63. The maximum absolute atomic E-state index is 12.3. The number of rotatable bonds is 6. The van der Waals surface area contributed by atoms with E-state index < -0.39 is 11.5 Å². The molecule has 1 aromatic carbocycles. The summed E-state index contributed by atoms with van der Waals surface area (Å²) in [5.41, 5.74) is 5.81. The Morgan fingerprint density at radius 1 is 1.45 bits per heavy atom. The summed E-state index contributed by atoms with van der Waals surface area (Å²) in [6.07, 6.45) is 0. The Labute approximate surface area is 118 Å². The molecule has 0 aliphatic carbocycles. The molecule has 0 radical (unpaired) electrons. The second-order valence-electron chi connectivity index (χ2n) is 5.05. The number of methoxy groups -OCH3 is 1. The lowest BCUT2D eigenvalue weighted by molar-refractivity contribution is -0.122. The van der Waals surface area contributed by atoms with Crippen LogP contribution in [0.1, 0.15) is 25.3 Å². The quantitative estimate of drug-likeness (QED) is 0.314. The molecule has 6 nitrogen and oxygen atoms in total. The molecule has 110 valence electrons. The average molecular weight is 279 g/mol. The fourth-order valence-electron chi connectivity index (χ4n) is 1.63. The smallest absolute Gasteiger partial charge is 0.235 e. The summed E-state index contributed by atoms with van der Waals surface area (Å²) < 4.78 is 5.23. The van der Waals surface area contributed by atoms with Gasteiger partial charge < -0.3 is 21.0 Å². The molecule has 0 heterocycles. The highest BCUT2D eigenvalue weighted by molar-refractivity contribution is 6.07. The highest BCUT2D eigenvalue weighted by Crippen LogP contribution is 2.16. The third-order valence-electron chi connectivity index (χ3n) is 3.05. The summed E-state index contributed by atoms with van der Waals surface area (Å²) in [7, 11) is 1.57. The van der Waals surface area contributed by atoms with Gasteiger partial charge in [-0.05, 0) is 19.4 Å². The lowest BCUT2D eigenvalue weighted by Crippen LogP contribution is -2.44. The van der Waals surface area contributed by atoms with Crippen LogP contribution in [0.5, 0.6) is 0 Å². The van der Waals surface area contributed by atoms with Crippen molar-refractivity contribution in [2.75, 3.05) is 13.7 Å². The zero-order valence-corrected chi connectivity index (χ0v) is 12.0. The van der Waals surface area contributed by atoms with E-state index in [0.717, 1.165) is 0 Å². The van der Waals surface area contributed by atoms with E-state index in [9.17, 15) is 4.79 Å². The number of amides is 1. The zero-order valence-electron chi connectivity index (χ0n) is 12.0. The molecule has 0 saturated carbocycles. The monoisotopic (exact) mass is 279 g/mol. The van der Waals surface area contributed by atoms with Gasteiger partial charge in [-0.2, -0.15) is 0 Å². The van der Waals surface area contributed by atoms with Gasteiger partial charge in [0.2, 0.25) is 5.91 Å². The van der Waals surface area contributed by atoms with Crippen molar-refractivity contribution in [1.29, 1.82) is 0 Å². The molecule has 0 aromatic heterocycles. The molecule has 6 heteroatoms. The van der Waals surface area contributed by atoms with E-state index in [1.165, 1.54) is 0 Å². The number of carbonyl (C=O) groups is 1. The second kappa shape index (κ2) is 6.91. The lowest BCUT2D eigenvalue weighted by Gasteiger charge is -2.24. The lowest BCUT2D eigenvalue weighted by atomic mass is 9.96. The third-order valence-corrected chi connectivity index (χ3v) is 3.05. The number of nitrogens with zero attached hydrogens (tertiary/aromatic N) is 1. The maximum atomic E-state index is 12.3. The molecule has 0 saturated heterocycles. The fraction of sp³-hybridized carbons (Fsp3) is 0.429. The highest BCUT2D eigenvalue weighted by atomic mass is 16.5. The van der Waals surface area contributed by atoms with E-state index >= 15 is 0 Å². The van der Waals surface area contributed by atoms with Crippen molar-refractivity contribution in [3.8, 4) is 0 Å². The SMILES string of the molecule is COC(C)(C)CNC(=O)C(/C(N)=N/O)c1ccccc1. The van der Waals surface area contributed by atoms with Crippen molar-refractivity contribution < 1.29 is 14.7 Å². The molecular weight excluding hydrogens is 258 g/mol. The number of nitrogens with one attached hydrogen (secondary N) is 1. The van der Waals surface area contributed by atoms with Crippen molar-refractivity contribution in [3.63, 3.8) is 0 Å². The van der Waals surface area contributed by atoms with Gasteiger partial charge in [0, 0.05) is 13.7 Å². The molecule has 4 N–H and O–H groups in total. The third kappa shape index (κ3) is 4.24. The number of amidine groups is 1. The first-order valence-corrected chi connectivity index (χ1v) is 6.26. The Balaban J connectivity index is 2.88. The van der Waals surface area contributed by atoms with Gasteiger partial charge in [0.05, 0.1) is 5.60 Å². The van der Waals surface area contributed by atoms with Gasteiger partial charge in [-0.1, -0.05) is 35.5 Å². The topological polar surface area (TPSA) is 96.9 Å². The van der Waals surface area contributed by atoms with Gasteiger partial charge in [-0.15, -0.1) is 0 Å². The van der Waals surface area contributed by atoms with E-state index in [1.807, 2.05) is 19.9 Å². The van der Waals surface area contributed by atoms with E-state index in [1.54, 1.807) is 31.4 Å². The van der Waals surface area contributed by atoms with Crippen LogP contribution in [-0.2, 0) is 9.53 Å². The van der Waals surface area contributed by atoms with E-state index in [4.69, 9.17) is 15.7 Å². The molecule has 0 aliphatic heterocycles. The molecule has 1 atom stereocenters. The Hall–Kier alpha value is -2.08. The number of nitrogens with two attached hydrogens (primary N) is 1. The van der Waals surface area contributed by atoms with Crippen LogP contribution in [0.25, 0.3) is 0 Å². The summed E-state index contributed by atoms with van der Waals surface area (Å²) in [4.78, 5) is 12.3. The summed E-state index contributed by atoms with van der Waals surface area (Å²) >= 11 is 0. The molecule has 0 spiro atoms. The molecule has 1 unspecified atom stereocenters. The maximum Gasteiger partial charge on any atom is 0.235 e. The predicted octanol–water partition coefficient (Wildman–Crippen LogP) is 1.06. The van der Waals surface area contributed by atoms with Crippen LogP contribution in [0.2, 0.25) is 0 Å². The van der Waals surface area contributed by atoms with E-state index in [-0.39, 0.29) is 11.7 Å². The Morgan fingerprint density at radius 2 is 2.05 bits per heavy atom. The van der Waals surface area contributed by atoms with Crippen LogP contribution in [0, 0.1) is 0 Å². The number of oxime groups is 1. The van der Waals surface area contributed by atoms with E-state index in [0.29, 0.717) is 12.1 Å². The Bertz CT molecular complexity index is 472. The van der Waals surface area contributed by atoms with Crippen LogP contribution in [0.3, 0.4) is 0 Å². The highest BCUT2D eigenvalue weighted by Gasteiger charge is 2.27. The number of carbonyl (C=O) groups excluding carboxylic acids is 1. The molecule has 0 aliphatic rings. The van der Waals surface area contributed by atoms with E-state index in [2.05, 4.69) is 10.5 Å². The molecule has 0 fully saturated rings. The number of hydrogen-bond acceptors (Lipinski definition) is 4. The van der Waals surface area contributed by atoms with Crippen molar-refractivity contribution in [3.05, 3.63) is 35.9 Å². The molecule has 1 amide bonds. The molecule has 1 aromatic rings. The summed E-state index contributed by atoms with van der Waals surface area (Å²) in [5.74, 6) is -1.31. The number of hydrogen-bond donors (Lipinski definition) is 3. The summed E-state index contributed by atoms with van der Waals surface area (Å²) in [5, 5.41) is 14.6. The number of benzene rings is 1. The predicted molar refractivity (Wildman–Crippen MR) is 76.7 cm³/mol. The van der Waals surface area contributed by atoms with Crippen molar-refractivity contribution in [1.82, 2.24) is 5.32 Å². The van der Waals surface area contributed by atoms with Crippen LogP contribution in [0.15, 0.2) is 35.5 Å². The number of ether oxygens (including phenoxy) is 1. The van der Waals surface area contributed by atoms with Crippen LogP contribution < -0.4 is 11.1 Å². The molecule has 20 heavy (non-hydrogen) atoms. The average Bonchev–Trinajstić information content (AvgIpc) is 2.46. The minimum absolute atomic E-state index is 0.149. The van der Waals surface area contributed by atoms with Crippen LogP contribution in [0.4, 0.5) is 0 Å². The van der Waals surface area contributed by atoms with Gasteiger partial charge in [-0.3, -0.25) is 4.79 Å². The van der Waals surface area contributed by atoms with Gasteiger partial charge in [0.25, 0.3) is 0 Å². The Kier molecular flexibility index (Phi) is 5.52. The van der Waals surface area contributed by atoms with Gasteiger partial charge in [-0.25, -0.2) is 0 Å². The van der Waals surface area contributed by atoms with Crippen LogP contribution >= 0.6 is 0 Å². The van der Waals surface area contributed by atoms with Crippen LogP contribution in [-0.4, -0.2) is 36.2 Å².